The molecule has 0 saturated heterocycles. The quantitative estimate of drug-likeness (QED) is 0.374. The largest absolute Gasteiger partial charge is 0.310 e. The Morgan fingerprint density at radius 1 is 1.00 bits per heavy atom. The molecule has 0 bridgehead atoms. The first-order valence-electron chi connectivity index (χ1n) is 10.7. The van der Waals surface area contributed by atoms with Crippen LogP contribution in [0.2, 0.25) is 0 Å². The van der Waals surface area contributed by atoms with Crippen molar-refractivity contribution >= 4 is 23.1 Å². The second-order valence-electron chi connectivity index (χ2n) is 7.84. The number of rotatable bonds is 6. The topological polar surface area (TPSA) is 92.7 Å². The number of carbonyl (C=O) groups excluding carboxylic acids is 1. The maximum atomic E-state index is 12.9. The molecule has 0 aliphatic rings. The SMILES string of the molecule is Cc1cccc(CC(=O)Nc2cc(-c3cccs3)nn2-c2nc(-c3ccccc3)cc(=O)[nH]2)c1. The third kappa shape index (κ3) is 4.72. The van der Waals surface area contributed by atoms with Gasteiger partial charge in [0, 0.05) is 17.7 Å². The van der Waals surface area contributed by atoms with Gasteiger partial charge in [0.2, 0.25) is 11.9 Å². The highest BCUT2D eigenvalue weighted by atomic mass is 32.1. The van der Waals surface area contributed by atoms with Gasteiger partial charge in [-0.2, -0.15) is 9.78 Å². The summed E-state index contributed by atoms with van der Waals surface area (Å²) in [6.45, 7) is 1.99. The lowest BCUT2D eigenvalue weighted by Gasteiger charge is -2.09. The van der Waals surface area contributed by atoms with Crippen LogP contribution in [-0.2, 0) is 11.2 Å². The average Bonchev–Trinajstić information content (AvgIpc) is 3.49. The van der Waals surface area contributed by atoms with Gasteiger partial charge in [0.05, 0.1) is 17.0 Å². The van der Waals surface area contributed by atoms with Crippen LogP contribution in [-0.4, -0.2) is 25.7 Å². The summed E-state index contributed by atoms with van der Waals surface area (Å²) in [4.78, 5) is 33.7. The van der Waals surface area contributed by atoms with Crippen molar-refractivity contribution in [3.05, 3.63) is 106 Å². The summed E-state index contributed by atoms with van der Waals surface area (Å²) in [5, 5.41) is 9.55. The number of anilines is 1. The molecule has 8 heteroatoms. The summed E-state index contributed by atoms with van der Waals surface area (Å²) in [5.41, 5.74) is 3.70. The molecule has 0 saturated carbocycles. The Bertz CT molecular complexity index is 1500. The molecule has 0 spiro atoms. The number of thiophene rings is 1. The summed E-state index contributed by atoms with van der Waals surface area (Å²) < 4.78 is 1.47. The van der Waals surface area contributed by atoms with Gasteiger partial charge in [-0.15, -0.1) is 11.3 Å². The molecule has 0 unspecified atom stereocenters. The standard InChI is InChI=1S/C26H21N5O2S/c1-17-7-5-8-18(13-17)14-24(32)28-23-15-21(22-11-6-12-34-22)30-31(23)26-27-20(16-25(33)29-26)19-9-3-2-4-10-19/h2-13,15-16H,14H2,1H3,(H,28,32)(H,27,29,33). The Morgan fingerprint density at radius 3 is 2.62 bits per heavy atom. The van der Waals surface area contributed by atoms with Crippen LogP contribution < -0.4 is 10.9 Å². The zero-order chi connectivity index (χ0) is 23.5. The fourth-order valence-corrected chi connectivity index (χ4v) is 4.35. The molecule has 5 rings (SSSR count). The van der Waals surface area contributed by atoms with Crippen LogP contribution in [0.1, 0.15) is 11.1 Å². The first-order valence-corrected chi connectivity index (χ1v) is 11.6. The molecule has 0 aliphatic carbocycles. The Balaban J connectivity index is 1.53. The molecule has 2 N–H and O–H groups in total. The van der Waals surface area contributed by atoms with Crippen LogP contribution >= 0.6 is 11.3 Å². The molecule has 2 aromatic carbocycles. The first-order chi connectivity index (χ1) is 16.5. The van der Waals surface area contributed by atoms with Gasteiger partial charge >= 0.3 is 0 Å². The second-order valence-corrected chi connectivity index (χ2v) is 8.79. The van der Waals surface area contributed by atoms with E-state index < -0.39 is 0 Å². The number of nitrogens with zero attached hydrogens (tertiary/aromatic N) is 3. The van der Waals surface area contributed by atoms with E-state index >= 15 is 0 Å². The van der Waals surface area contributed by atoms with Gasteiger partial charge in [-0.05, 0) is 23.9 Å². The van der Waals surface area contributed by atoms with Gasteiger partial charge in [-0.3, -0.25) is 14.6 Å². The van der Waals surface area contributed by atoms with Gasteiger partial charge in [-0.25, -0.2) is 4.98 Å². The molecular formula is C26H21N5O2S. The Hall–Kier alpha value is -4.30. The molecule has 3 heterocycles. The summed E-state index contributed by atoms with van der Waals surface area (Å²) in [6, 6.07) is 24.4. The van der Waals surface area contributed by atoms with E-state index in [4.69, 9.17) is 0 Å². The Kier molecular flexibility index (Phi) is 5.88. The van der Waals surface area contributed by atoms with Crippen molar-refractivity contribution in [1.29, 1.82) is 0 Å². The van der Waals surface area contributed by atoms with Gasteiger partial charge < -0.3 is 5.32 Å². The third-order valence-corrected chi connectivity index (χ3v) is 6.09. The summed E-state index contributed by atoms with van der Waals surface area (Å²) in [5.74, 6) is 0.459. The first kappa shape index (κ1) is 21.5. The lowest BCUT2D eigenvalue weighted by Crippen LogP contribution is -2.20. The summed E-state index contributed by atoms with van der Waals surface area (Å²) in [7, 11) is 0. The molecule has 0 fully saturated rings. The predicted octanol–water partition coefficient (Wildman–Crippen LogP) is 4.84. The zero-order valence-corrected chi connectivity index (χ0v) is 19.2. The minimum atomic E-state index is -0.311. The van der Waals surface area contributed by atoms with Gasteiger partial charge in [0.25, 0.3) is 5.56 Å². The van der Waals surface area contributed by atoms with Crippen molar-refractivity contribution in [2.24, 2.45) is 0 Å². The lowest BCUT2D eigenvalue weighted by atomic mass is 10.1. The van der Waals surface area contributed by atoms with Gasteiger partial charge in [0.1, 0.15) is 11.5 Å². The highest BCUT2D eigenvalue weighted by Gasteiger charge is 2.17. The molecule has 1 amide bonds. The van der Waals surface area contributed by atoms with E-state index in [1.807, 2.05) is 79.0 Å². The normalized spacial score (nSPS) is 10.9. The zero-order valence-electron chi connectivity index (χ0n) is 18.4. The molecule has 0 radical (unpaired) electrons. The smallest absolute Gasteiger partial charge is 0.252 e. The minimum Gasteiger partial charge on any atom is -0.310 e. The molecule has 0 atom stereocenters. The van der Waals surface area contributed by atoms with Crippen molar-refractivity contribution in [2.75, 3.05) is 5.32 Å². The Morgan fingerprint density at radius 2 is 1.85 bits per heavy atom. The van der Waals surface area contributed by atoms with Crippen LogP contribution in [0.15, 0.2) is 89.0 Å². The monoisotopic (exact) mass is 467 g/mol. The van der Waals surface area contributed by atoms with E-state index in [1.165, 1.54) is 22.1 Å². The number of aromatic amines is 1. The van der Waals surface area contributed by atoms with Crippen molar-refractivity contribution in [2.45, 2.75) is 13.3 Å². The average molecular weight is 468 g/mol. The highest BCUT2D eigenvalue weighted by Crippen LogP contribution is 2.28. The number of hydrogen-bond donors (Lipinski definition) is 2. The fraction of sp³-hybridized carbons (Fsp3) is 0.0769. The number of amides is 1. The van der Waals surface area contributed by atoms with Crippen molar-refractivity contribution in [3.63, 3.8) is 0 Å². The van der Waals surface area contributed by atoms with E-state index in [0.717, 1.165) is 21.6 Å². The van der Waals surface area contributed by atoms with Gasteiger partial charge in [-0.1, -0.05) is 66.2 Å². The molecule has 0 aliphatic heterocycles. The number of hydrogen-bond acceptors (Lipinski definition) is 5. The molecule has 5 aromatic rings. The van der Waals surface area contributed by atoms with Crippen LogP contribution in [0.3, 0.4) is 0 Å². The molecular weight excluding hydrogens is 446 g/mol. The van der Waals surface area contributed by atoms with Crippen molar-refractivity contribution in [1.82, 2.24) is 19.7 Å². The number of H-pyrrole nitrogens is 1. The maximum Gasteiger partial charge on any atom is 0.252 e. The van der Waals surface area contributed by atoms with E-state index in [9.17, 15) is 9.59 Å². The molecule has 34 heavy (non-hydrogen) atoms. The number of nitrogens with one attached hydrogen (secondary N) is 2. The Labute approximate surface area is 199 Å². The van der Waals surface area contributed by atoms with Crippen LogP contribution in [0, 0.1) is 6.92 Å². The third-order valence-electron chi connectivity index (χ3n) is 5.20. The minimum absolute atomic E-state index is 0.189. The van der Waals surface area contributed by atoms with E-state index in [-0.39, 0.29) is 23.8 Å². The molecule has 168 valence electrons. The molecule has 3 aromatic heterocycles. The number of aryl methyl sites for hydroxylation is 1. The van der Waals surface area contributed by atoms with E-state index in [2.05, 4.69) is 20.4 Å². The van der Waals surface area contributed by atoms with E-state index in [1.54, 1.807) is 6.07 Å². The number of aromatic nitrogens is 4. The summed E-state index contributed by atoms with van der Waals surface area (Å²) >= 11 is 1.54. The van der Waals surface area contributed by atoms with Crippen LogP contribution in [0.25, 0.3) is 27.8 Å². The van der Waals surface area contributed by atoms with Crippen molar-refractivity contribution in [3.8, 4) is 27.8 Å². The number of benzene rings is 2. The molecule has 7 nitrogen and oxygen atoms in total. The van der Waals surface area contributed by atoms with Crippen LogP contribution in [0.4, 0.5) is 5.82 Å². The van der Waals surface area contributed by atoms with Crippen molar-refractivity contribution < 1.29 is 4.79 Å². The number of carbonyl (C=O) groups is 1. The fourth-order valence-electron chi connectivity index (χ4n) is 3.67. The predicted molar refractivity (Wildman–Crippen MR) is 134 cm³/mol. The highest BCUT2D eigenvalue weighted by molar-refractivity contribution is 7.13. The van der Waals surface area contributed by atoms with Gasteiger partial charge in [0.15, 0.2) is 0 Å². The lowest BCUT2D eigenvalue weighted by molar-refractivity contribution is -0.115. The maximum absolute atomic E-state index is 12.9. The second kappa shape index (κ2) is 9.29. The summed E-state index contributed by atoms with van der Waals surface area (Å²) in [6.07, 6.45) is 0.217. The van der Waals surface area contributed by atoms with Crippen LogP contribution in [0.5, 0.6) is 0 Å². The van der Waals surface area contributed by atoms with E-state index in [0.29, 0.717) is 17.2 Å².